The average Bonchev–Trinajstić information content (AvgIpc) is 2.90. The first-order valence-corrected chi connectivity index (χ1v) is 8.53. The highest BCUT2D eigenvalue weighted by atomic mass is 15.2. The fourth-order valence-corrected chi connectivity index (χ4v) is 3.79. The summed E-state index contributed by atoms with van der Waals surface area (Å²) in [5, 5.41) is 3.66. The molecule has 0 amide bonds. The Hall–Kier alpha value is -0.120. The summed E-state index contributed by atoms with van der Waals surface area (Å²) in [4.78, 5) is 5.31. The molecule has 0 aromatic heterocycles. The minimum Gasteiger partial charge on any atom is -0.314 e. The van der Waals surface area contributed by atoms with Crippen LogP contribution in [0.15, 0.2) is 0 Å². The van der Waals surface area contributed by atoms with E-state index in [1.807, 2.05) is 0 Å². The van der Waals surface area contributed by atoms with Gasteiger partial charge in [-0.2, -0.15) is 0 Å². The molecular weight excluding hydrogens is 234 g/mol. The summed E-state index contributed by atoms with van der Waals surface area (Å²) in [6.07, 6.45) is 8.36. The summed E-state index contributed by atoms with van der Waals surface area (Å²) >= 11 is 0. The average molecular weight is 267 g/mol. The molecule has 2 atom stereocenters. The van der Waals surface area contributed by atoms with Gasteiger partial charge in [-0.3, -0.25) is 4.90 Å². The number of hydrogen-bond donors (Lipinski definition) is 1. The maximum Gasteiger partial charge on any atom is 0.0235 e. The molecule has 3 nitrogen and oxygen atoms in total. The molecule has 112 valence electrons. The molecule has 0 aromatic rings. The molecule has 19 heavy (non-hydrogen) atoms. The molecule has 2 heterocycles. The van der Waals surface area contributed by atoms with E-state index in [1.165, 1.54) is 77.8 Å². The van der Waals surface area contributed by atoms with Crippen molar-refractivity contribution >= 4 is 0 Å². The van der Waals surface area contributed by atoms with Crippen molar-refractivity contribution in [3.05, 3.63) is 0 Å². The summed E-state index contributed by atoms with van der Waals surface area (Å²) < 4.78 is 0. The lowest BCUT2D eigenvalue weighted by Gasteiger charge is -2.27. The predicted molar refractivity (Wildman–Crippen MR) is 82.6 cm³/mol. The lowest BCUT2D eigenvalue weighted by atomic mass is 10.0. The Balaban J connectivity index is 1.59. The first-order valence-electron chi connectivity index (χ1n) is 8.53. The lowest BCUT2D eigenvalue weighted by molar-refractivity contribution is 0.209. The van der Waals surface area contributed by atoms with Crippen LogP contribution in [-0.2, 0) is 0 Å². The second-order valence-electron chi connectivity index (χ2n) is 6.25. The van der Waals surface area contributed by atoms with E-state index in [4.69, 9.17) is 0 Å². The summed E-state index contributed by atoms with van der Waals surface area (Å²) in [5.41, 5.74) is 0. The summed E-state index contributed by atoms with van der Waals surface area (Å²) in [6, 6.07) is 1.64. The van der Waals surface area contributed by atoms with Gasteiger partial charge >= 0.3 is 0 Å². The Morgan fingerprint density at radius 1 is 1.16 bits per heavy atom. The molecule has 0 radical (unpaired) electrons. The van der Waals surface area contributed by atoms with Crippen LogP contribution in [0.3, 0.4) is 0 Å². The van der Waals surface area contributed by atoms with Gasteiger partial charge in [-0.05, 0) is 64.8 Å². The molecule has 0 saturated carbocycles. The summed E-state index contributed by atoms with van der Waals surface area (Å²) in [6.45, 7) is 12.2. The van der Waals surface area contributed by atoms with Crippen LogP contribution in [0.4, 0.5) is 0 Å². The van der Waals surface area contributed by atoms with Gasteiger partial charge in [0, 0.05) is 18.6 Å². The second-order valence-corrected chi connectivity index (χ2v) is 6.25. The Morgan fingerprint density at radius 2 is 2.00 bits per heavy atom. The third-order valence-electron chi connectivity index (χ3n) is 5.02. The zero-order valence-electron chi connectivity index (χ0n) is 13.0. The van der Waals surface area contributed by atoms with E-state index < -0.39 is 0 Å². The molecule has 2 rings (SSSR count). The van der Waals surface area contributed by atoms with E-state index in [1.54, 1.807) is 0 Å². The third kappa shape index (κ3) is 4.73. The lowest BCUT2D eigenvalue weighted by Crippen LogP contribution is -2.38. The Kier molecular flexibility index (Phi) is 6.62. The van der Waals surface area contributed by atoms with Gasteiger partial charge in [0.25, 0.3) is 0 Å². The van der Waals surface area contributed by atoms with Crippen molar-refractivity contribution in [3.8, 4) is 0 Å². The molecular formula is C16H33N3. The van der Waals surface area contributed by atoms with Gasteiger partial charge in [0.05, 0.1) is 0 Å². The molecule has 2 fully saturated rings. The van der Waals surface area contributed by atoms with Crippen molar-refractivity contribution in [1.82, 2.24) is 15.1 Å². The van der Waals surface area contributed by atoms with Gasteiger partial charge in [0.1, 0.15) is 0 Å². The van der Waals surface area contributed by atoms with E-state index in [9.17, 15) is 0 Å². The normalized spacial score (nSPS) is 29.2. The topological polar surface area (TPSA) is 18.5 Å². The predicted octanol–water partition coefficient (Wildman–Crippen LogP) is 2.32. The van der Waals surface area contributed by atoms with Crippen LogP contribution < -0.4 is 5.32 Å². The zero-order valence-corrected chi connectivity index (χ0v) is 13.0. The standard InChI is InChI=1S/C16H33N3/c1-3-19(4-2)16-10-13-18(14-16)12-7-9-15-8-5-6-11-17-15/h15-17H,3-14H2,1-2H3. The van der Waals surface area contributed by atoms with Gasteiger partial charge in [-0.15, -0.1) is 0 Å². The monoisotopic (exact) mass is 267 g/mol. The van der Waals surface area contributed by atoms with Gasteiger partial charge in [0.15, 0.2) is 0 Å². The van der Waals surface area contributed by atoms with Crippen LogP contribution in [-0.4, -0.2) is 61.2 Å². The summed E-state index contributed by atoms with van der Waals surface area (Å²) in [5.74, 6) is 0. The number of nitrogens with one attached hydrogen (secondary N) is 1. The van der Waals surface area contributed by atoms with E-state index >= 15 is 0 Å². The molecule has 0 aliphatic carbocycles. The van der Waals surface area contributed by atoms with Crippen molar-refractivity contribution in [2.45, 2.75) is 64.5 Å². The largest absolute Gasteiger partial charge is 0.314 e. The van der Waals surface area contributed by atoms with Gasteiger partial charge in [0.2, 0.25) is 0 Å². The van der Waals surface area contributed by atoms with E-state index in [0.29, 0.717) is 0 Å². The smallest absolute Gasteiger partial charge is 0.0235 e. The van der Waals surface area contributed by atoms with Gasteiger partial charge < -0.3 is 10.2 Å². The molecule has 0 spiro atoms. The van der Waals surface area contributed by atoms with Gasteiger partial charge in [-0.25, -0.2) is 0 Å². The molecule has 2 saturated heterocycles. The zero-order chi connectivity index (χ0) is 13.5. The fourth-order valence-electron chi connectivity index (χ4n) is 3.79. The van der Waals surface area contributed by atoms with E-state index in [-0.39, 0.29) is 0 Å². The van der Waals surface area contributed by atoms with E-state index in [0.717, 1.165) is 12.1 Å². The number of rotatable bonds is 7. The molecule has 3 heteroatoms. The van der Waals surface area contributed by atoms with Crippen LogP contribution in [0, 0.1) is 0 Å². The van der Waals surface area contributed by atoms with Crippen LogP contribution in [0.5, 0.6) is 0 Å². The molecule has 0 aromatic carbocycles. The Labute approximate surface area is 119 Å². The second kappa shape index (κ2) is 8.23. The first kappa shape index (κ1) is 15.3. The van der Waals surface area contributed by atoms with Crippen molar-refractivity contribution < 1.29 is 0 Å². The molecule has 2 unspecified atom stereocenters. The minimum atomic E-state index is 0.815. The number of hydrogen-bond acceptors (Lipinski definition) is 3. The van der Waals surface area contributed by atoms with Crippen LogP contribution in [0.25, 0.3) is 0 Å². The van der Waals surface area contributed by atoms with E-state index in [2.05, 4.69) is 29.0 Å². The Morgan fingerprint density at radius 3 is 2.68 bits per heavy atom. The molecule has 1 N–H and O–H groups in total. The van der Waals surface area contributed by atoms with Crippen molar-refractivity contribution in [3.63, 3.8) is 0 Å². The fraction of sp³-hybridized carbons (Fsp3) is 1.00. The highest BCUT2D eigenvalue weighted by Gasteiger charge is 2.25. The molecule has 2 aliphatic rings. The third-order valence-corrected chi connectivity index (χ3v) is 5.02. The van der Waals surface area contributed by atoms with Gasteiger partial charge in [-0.1, -0.05) is 20.3 Å². The molecule has 2 aliphatic heterocycles. The van der Waals surface area contributed by atoms with Crippen molar-refractivity contribution in [1.29, 1.82) is 0 Å². The number of likely N-dealkylation sites (tertiary alicyclic amines) is 1. The van der Waals surface area contributed by atoms with Crippen molar-refractivity contribution in [2.75, 3.05) is 39.3 Å². The number of piperidine rings is 1. The highest BCUT2D eigenvalue weighted by Crippen LogP contribution is 2.17. The number of nitrogens with zero attached hydrogens (tertiary/aromatic N) is 2. The highest BCUT2D eigenvalue weighted by molar-refractivity contribution is 4.83. The van der Waals surface area contributed by atoms with Crippen LogP contribution in [0.1, 0.15) is 52.4 Å². The quantitative estimate of drug-likeness (QED) is 0.764. The summed E-state index contributed by atoms with van der Waals surface area (Å²) in [7, 11) is 0. The SMILES string of the molecule is CCN(CC)C1CCN(CCCC2CCCCN2)C1. The molecule has 0 bridgehead atoms. The minimum absolute atomic E-state index is 0.815. The maximum atomic E-state index is 3.66. The maximum absolute atomic E-state index is 3.66. The first-order chi connectivity index (χ1) is 9.33. The Bertz CT molecular complexity index is 234. The number of likely N-dealkylation sites (N-methyl/N-ethyl adjacent to an activating group) is 1. The van der Waals surface area contributed by atoms with Crippen LogP contribution in [0.2, 0.25) is 0 Å². The van der Waals surface area contributed by atoms with Crippen LogP contribution >= 0.6 is 0 Å². The van der Waals surface area contributed by atoms with Crippen molar-refractivity contribution in [2.24, 2.45) is 0 Å².